The maximum atomic E-state index is 12.1. The molecular weight excluding hydrogens is 628 g/mol. The molecule has 1 unspecified atom stereocenters. The second kappa shape index (κ2) is 17.3. The summed E-state index contributed by atoms with van der Waals surface area (Å²) in [4.78, 5) is 47.6. The van der Waals surface area contributed by atoms with Gasteiger partial charge in [-0.05, 0) is 59.0 Å². The molecule has 0 bridgehead atoms. The molecule has 5 rings (SSSR count). The first kappa shape index (κ1) is 35.9. The molecule has 10 nitrogen and oxygen atoms in total. The highest BCUT2D eigenvalue weighted by molar-refractivity contribution is 6.17. The third-order valence-corrected chi connectivity index (χ3v) is 7.80. The molecule has 0 saturated heterocycles. The molecule has 4 aromatic rings. The summed E-state index contributed by atoms with van der Waals surface area (Å²) in [6.07, 6.45) is 1.79. The quantitative estimate of drug-likeness (QED) is 0.0578. The number of hydrogen-bond acceptors (Lipinski definition) is 10. The fraction of sp³-hybridized carbons (Fsp3) is 0.231. The van der Waals surface area contributed by atoms with E-state index in [1.807, 2.05) is 84.9 Å². The van der Waals surface area contributed by atoms with Gasteiger partial charge < -0.3 is 28.4 Å². The van der Waals surface area contributed by atoms with E-state index >= 15 is 0 Å². The highest BCUT2D eigenvalue weighted by Crippen LogP contribution is 2.61. The number of carbonyl (C=O) groups is 4. The normalized spacial score (nSPS) is 13.7. The molecular formula is C39H38O10. The first-order valence-electron chi connectivity index (χ1n) is 15.3. The molecule has 1 aliphatic rings. The Kier molecular flexibility index (Phi) is 12.7. The first-order valence-corrected chi connectivity index (χ1v) is 15.3. The van der Waals surface area contributed by atoms with E-state index in [4.69, 9.17) is 18.9 Å². The fourth-order valence-corrected chi connectivity index (χ4v) is 5.15. The molecule has 1 saturated carbocycles. The average molecular weight is 667 g/mol. The summed E-state index contributed by atoms with van der Waals surface area (Å²) in [7, 11) is 4.97. The smallest absolute Gasteiger partial charge is 0.345 e. The Bertz CT molecular complexity index is 1730. The Morgan fingerprint density at radius 2 is 1.10 bits per heavy atom. The van der Waals surface area contributed by atoms with Crippen LogP contribution in [-0.2, 0) is 51.3 Å². The monoisotopic (exact) mass is 666 g/mol. The van der Waals surface area contributed by atoms with Gasteiger partial charge in [-0.25, -0.2) is 9.59 Å². The molecule has 1 aliphatic carbocycles. The Balaban J connectivity index is 0.000000221. The molecule has 0 N–H and O–H groups in total. The minimum absolute atomic E-state index is 0.180. The van der Waals surface area contributed by atoms with E-state index in [-0.39, 0.29) is 11.5 Å². The largest absolute Gasteiger partial charge is 0.489 e. The lowest BCUT2D eigenvalue weighted by Gasteiger charge is -2.13. The second-order valence-electron chi connectivity index (χ2n) is 10.9. The van der Waals surface area contributed by atoms with Crippen LogP contribution in [-0.4, -0.2) is 52.3 Å². The molecule has 0 heterocycles. The third-order valence-electron chi connectivity index (χ3n) is 7.80. The van der Waals surface area contributed by atoms with Gasteiger partial charge in [0, 0.05) is 5.92 Å². The summed E-state index contributed by atoms with van der Waals surface area (Å²) in [5.41, 5.74) is 2.19. The Morgan fingerprint density at radius 3 is 1.59 bits per heavy atom. The Morgan fingerprint density at radius 1 is 0.612 bits per heavy atom. The number of esters is 4. The van der Waals surface area contributed by atoms with E-state index < -0.39 is 29.3 Å². The van der Waals surface area contributed by atoms with Crippen LogP contribution in [0, 0.1) is 5.41 Å². The molecule has 0 aliphatic heterocycles. The van der Waals surface area contributed by atoms with Crippen molar-refractivity contribution >= 4 is 30.0 Å². The van der Waals surface area contributed by atoms with Gasteiger partial charge in [0.1, 0.15) is 30.3 Å². The molecule has 4 aromatic carbocycles. The summed E-state index contributed by atoms with van der Waals surface area (Å²) < 4.78 is 30.4. The molecule has 0 amide bonds. The number of hydrogen-bond donors (Lipinski definition) is 0. The van der Waals surface area contributed by atoms with Gasteiger partial charge in [-0.15, -0.1) is 0 Å². The van der Waals surface area contributed by atoms with Gasteiger partial charge in [-0.3, -0.25) is 9.59 Å². The standard InChI is InChI=1S/C20H20O5.C19H18O5/c1-23-18(21)20(19(22)24-2)12-17(20)15-9-6-10-16(11-15)25-13-14-7-4-3-5-8-14;1-22-18(20)17(19(21)23-2)12-15-9-6-10-16(11-15)24-13-14-7-4-3-5-8-14/h3-11,17H,12-13H2,1-2H3;3-12H,13H2,1-2H3. The highest BCUT2D eigenvalue weighted by atomic mass is 16.6. The van der Waals surface area contributed by atoms with E-state index in [9.17, 15) is 19.2 Å². The van der Waals surface area contributed by atoms with Crippen LogP contribution >= 0.6 is 0 Å². The lowest BCUT2D eigenvalue weighted by molar-refractivity contribution is -0.161. The molecule has 0 radical (unpaired) electrons. The molecule has 10 heteroatoms. The van der Waals surface area contributed by atoms with Crippen LogP contribution in [0.3, 0.4) is 0 Å². The molecule has 254 valence electrons. The van der Waals surface area contributed by atoms with Crippen molar-refractivity contribution in [1.82, 2.24) is 0 Å². The Hall–Kier alpha value is -5.90. The zero-order valence-corrected chi connectivity index (χ0v) is 27.8. The lowest BCUT2D eigenvalue weighted by atomic mass is 9.99. The van der Waals surface area contributed by atoms with Crippen LogP contribution in [0.5, 0.6) is 11.5 Å². The van der Waals surface area contributed by atoms with Crippen molar-refractivity contribution in [3.8, 4) is 11.5 Å². The molecule has 0 aromatic heterocycles. The van der Waals surface area contributed by atoms with Crippen LogP contribution < -0.4 is 9.47 Å². The SMILES string of the molecule is COC(=O)C(=Cc1cccc(OCc2ccccc2)c1)C(=O)OC.COC(=O)C1(C(=O)OC)CC1c1cccc(OCc2ccccc2)c1. The van der Waals surface area contributed by atoms with Crippen molar-refractivity contribution in [3.05, 3.63) is 137 Å². The third kappa shape index (κ3) is 9.35. The zero-order valence-electron chi connectivity index (χ0n) is 27.8. The van der Waals surface area contributed by atoms with Gasteiger partial charge in [-0.1, -0.05) is 84.9 Å². The molecule has 1 fully saturated rings. The summed E-state index contributed by atoms with van der Waals surface area (Å²) in [5, 5.41) is 0. The number of carbonyl (C=O) groups excluding carboxylic acids is 4. The van der Waals surface area contributed by atoms with Crippen molar-refractivity contribution in [1.29, 1.82) is 0 Å². The maximum absolute atomic E-state index is 12.1. The molecule has 1 atom stereocenters. The number of benzene rings is 4. The van der Waals surface area contributed by atoms with E-state index in [0.717, 1.165) is 16.7 Å². The van der Waals surface area contributed by atoms with Gasteiger partial charge in [0.05, 0.1) is 28.4 Å². The van der Waals surface area contributed by atoms with Crippen LogP contribution in [0.15, 0.2) is 115 Å². The van der Waals surface area contributed by atoms with Crippen LogP contribution in [0.4, 0.5) is 0 Å². The maximum Gasteiger partial charge on any atom is 0.345 e. The minimum Gasteiger partial charge on any atom is -0.489 e. The zero-order chi connectivity index (χ0) is 35.2. The van der Waals surface area contributed by atoms with E-state index in [1.54, 1.807) is 24.3 Å². The van der Waals surface area contributed by atoms with Gasteiger partial charge >= 0.3 is 23.9 Å². The predicted molar refractivity (Wildman–Crippen MR) is 180 cm³/mol. The van der Waals surface area contributed by atoms with Crippen LogP contribution in [0.25, 0.3) is 6.08 Å². The van der Waals surface area contributed by atoms with Crippen molar-refractivity contribution in [3.63, 3.8) is 0 Å². The molecule has 0 spiro atoms. The molecule has 49 heavy (non-hydrogen) atoms. The first-order chi connectivity index (χ1) is 23.7. The fourth-order valence-electron chi connectivity index (χ4n) is 5.15. The van der Waals surface area contributed by atoms with E-state index in [2.05, 4.69) is 9.47 Å². The van der Waals surface area contributed by atoms with Gasteiger partial charge in [0.15, 0.2) is 5.41 Å². The Labute approximate surface area is 285 Å². The highest BCUT2D eigenvalue weighted by Gasteiger charge is 2.68. The van der Waals surface area contributed by atoms with E-state index in [0.29, 0.717) is 36.7 Å². The lowest BCUT2D eigenvalue weighted by Crippen LogP contribution is -2.30. The number of ether oxygens (including phenoxy) is 6. The number of methoxy groups -OCH3 is 4. The summed E-state index contributed by atoms with van der Waals surface area (Å²) in [6.45, 7) is 0.878. The van der Waals surface area contributed by atoms with Gasteiger partial charge in [-0.2, -0.15) is 0 Å². The van der Waals surface area contributed by atoms with Gasteiger partial charge in [0.2, 0.25) is 0 Å². The summed E-state index contributed by atoms with van der Waals surface area (Å²) in [6, 6.07) is 34.1. The number of rotatable bonds is 12. The van der Waals surface area contributed by atoms with Crippen LogP contribution in [0.1, 0.15) is 34.6 Å². The topological polar surface area (TPSA) is 124 Å². The summed E-state index contributed by atoms with van der Waals surface area (Å²) in [5.74, 6) is -1.55. The second-order valence-corrected chi connectivity index (χ2v) is 10.9. The predicted octanol–water partition coefficient (Wildman–Crippen LogP) is 6.08. The summed E-state index contributed by atoms with van der Waals surface area (Å²) >= 11 is 0. The van der Waals surface area contributed by atoms with Crippen molar-refractivity contribution in [2.45, 2.75) is 25.6 Å². The van der Waals surface area contributed by atoms with E-state index in [1.165, 1.54) is 34.5 Å². The van der Waals surface area contributed by atoms with Gasteiger partial charge in [0.25, 0.3) is 0 Å². The van der Waals surface area contributed by atoms with Crippen LogP contribution in [0.2, 0.25) is 0 Å². The van der Waals surface area contributed by atoms with Crippen molar-refractivity contribution in [2.24, 2.45) is 5.41 Å². The van der Waals surface area contributed by atoms with Crippen molar-refractivity contribution < 1.29 is 47.6 Å². The minimum atomic E-state index is -1.23. The average Bonchev–Trinajstić information content (AvgIpc) is 3.92. The van der Waals surface area contributed by atoms with Crippen molar-refractivity contribution in [2.75, 3.05) is 28.4 Å².